The largest absolute Gasteiger partial charge is 0.455 e. The molecule has 29 heavy (non-hydrogen) atoms. The molecule has 0 saturated carbocycles. The molecule has 0 radical (unpaired) electrons. The van der Waals surface area contributed by atoms with Crippen molar-refractivity contribution in [2.75, 3.05) is 17.7 Å². The number of hydrogen-bond donors (Lipinski definition) is 1. The molecule has 9 nitrogen and oxygen atoms in total. The molecule has 0 aliphatic heterocycles. The molecule has 0 atom stereocenters. The van der Waals surface area contributed by atoms with Gasteiger partial charge in [-0.1, -0.05) is 23.9 Å². The lowest BCUT2D eigenvalue weighted by atomic mass is 10.3. The Balaban J connectivity index is 1.47. The number of aromatic nitrogens is 2. The van der Waals surface area contributed by atoms with Crippen molar-refractivity contribution in [3.8, 4) is 0 Å². The molecule has 3 rings (SSSR count). The number of hydrogen-bond acceptors (Lipinski definition) is 8. The first-order valence-electron chi connectivity index (χ1n) is 8.16. The quantitative estimate of drug-likeness (QED) is 0.237. The van der Waals surface area contributed by atoms with Gasteiger partial charge in [-0.25, -0.2) is 4.98 Å². The van der Waals surface area contributed by atoms with E-state index in [0.29, 0.717) is 15.2 Å². The summed E-state index contributed by atoms with van der Waals surface area (Å²) in [6.07, 6.45) is 1.57. The zero-order valence-corrected chi connectivity index (χ0v) is 17.1. The minimum absolute atomic E-state index is 0.0263. The predicted molar refractivity (Wildman–Crippen MR) is 111 cm³/mol. The zero-order valence-electron chi connectivity index (χ0n) is 14.7. The molecule has 11 heteroatoms. The number of anilines is 1. The fraction of sp³-hybridized carbons (Fsp3) is 0.111. The lowest BCUT2D eigenvalue weighted by molar-refractivity contribution is -0.384. The molecule has 0 fully saturated rings. The van der Waals surface area contributed by atoms with Gasteiger partial charge in [0.05, 0.1) is 33.6 Å². The highest BCUT2D eigenvalue weighted by Gasteiger charge is 2.13. The summed E-state index contributed by atoms with van der Waals surface area (Å²) in [7, 11) is 0. The fourth-order valence-electron chi connectivity index (χ4n) is 2.24. The van der Waals surface area contributed by atoms with Gasteiger partial charge in [-0.3, -0.25) is 24.7 Å². The number of nitrogens with one attached hydrogen (secondary N) is 1. The summed E-state index contributed by atoms with van der Waals surface area (Å²) >= 11 is 4.30. The van der Waals surface area contributed by atoms with E-state index in [9.17, 15) is 19.7 Å². The van der Waals surface area contributed by atoms with Gasteiger partial charge in [-0.15, -0.1) is 0 Å². The Morgan fingerprint density at radius 1 is 1.21 bits per heavy atom. The van der Waals surface area contributed by atoms with Crippen LogP contribution in [0, 0.1) is 10.1 Å². The number of esters is 1. The molecule has 0 aliphatic carbocycles. The number of fused-ring (bicyclic) bond motifs is 1. The minimum Gasteiger partial charge on any atom is -0.455 e. The summed E-state index contributed by atoms with van der Waals surface area (Å²) in [5.41, 5.74) is 1.69. The third kappa shape index (κ3) is 5.72. The lowest BCUT2D eigenvalue weighted by Crippen LogP contribution is -2.21. The molecule has 0 bridgehead atoms. The van der Waals surface area contributed by atoms with Crippen molar-refractivity contribution in [3.63, 3.8) is 0 Å². The van der Waals surface area contributed by atoms with Crippen molar-refractivity contribution >= 4 is 62.0 Å². The monoisotopic (exact) mass is 476 g/mol. The maximum atomic E-state index is 11.9. The Hall–Kier alpha value is -3.05. The number of halogens is 1. The van der Waals surface area contributed by atoms with Crippen LogP contribution in [-0.4, -0.2) is 39.1 Å². The standard InChI is InChI=1S/C18H13BrN4O5S/c19-12-7-11(23(26)27)5-6-13(12)21-16(24)9-28-18(25)10-29-17-8-20-14-3-1-2-4-15(14)22-17/h1-8H,9-10H2,(H,21,24). The van der Waals surface area contributed by atoms with E-state index in [-0.39, 0.29) is 11.4 Å². The average Bonchev–Trinajstić information content (AvgIpc) is 2.72. The fourth-order valence-corrected chi connectivity index (χ4v) is 3.34. The molecule has 1 N–H and O–H groups in total. The summed E-state index contributed by atoms with van der Waals surface area (Å²) < 4.78 is 5.29. The molecule has 1 amide bonds. The summed E-state index contributed by atoms with van der Waals surface area (Å²) in [4.78, 5) is 42.6. The van der Waals surface area contributed by atoms with Gasteiger partial charge >= 0.3 is 5.97 Å². The number of carbonyl (C=O) groups is 2. The van der Waals surface area contributed by atoms with E-state index in [1.165, 1.54) is 18.2 Å². The first kappa shape index (κ1) is 20.7. The van der Waals surface area contributed by atoms with Crippen LogP contribution in [0.1, 0.15) is 0 Å². The average molecular weight is 477 g/mol. The molecule has 1 aromatic heterocycles. The highest BCUT2D eigenvalue weighted by atomic mass is 79.9. The molecule has 0 saturated heterocycles. The van der Waals surface area contributed by atoms with Crippen LogP contribution in [0.25, 0.3) is 11.0 Å². The number of nitro benzene ring substituents is 1. The van der Waals surface area contributed by atoms with E-state index in [4.69, 9.17) is 4.74 Å². The first-order valence-corrected chi connectivity index (χ1v) is 9.94. The number of nitrogens with zero attached hydrogens (tertiary/aromatic N) is 3. The van der Waals surface area contributed by atoms with Gasteiger partial charge in [-0.05, 0) is 34.1 Å². The molecule has 1 heterocycles. The number of carbonyl (C=O) groups excluding carboxylic acids is 2. The van der Waals surface area contributed by atoms with Gasteiger partial charge in [0.2, 0.25) is 0 Å². The Labute approximate surface area is 177 Å². The molecule has 0 aliphatic rings. The number of para-hydroxylation sites is 2. The van der Waals surface area contributed by atoms with Gasteiger partial charge in [-0.2, -0.15) is 0 Å². The third-order valence-electron chi connectivity index (χ3n) is 3.57. The Kier molecular flexibility index (Phi) is 6.73. The van der Waals surface area contributed by atoms with E-state index < -0.39 is 23.4 Å². The summed E-state index contributed by atoms with van der Waals surface area (Å²) in [6, 6.07) is 11.3. The van der Waals surface area contributed by atoms with Gasteiger partial charge < -0.3 is 10.1 Å². The number of benzene rings is 2. The minimum atomic E-state index is -0.581. The Morgan fingerprint density at radius 2 is 1.97 bits per heavy atom. The van der Waals surface area contributed by atoms with Crippen LogP contribution >= 0.6 is 27.7 Å². The number of ether oxygens (including phenoxy) is 1. The summed E-state index contributed by atoms with van der Waals surface area (Å²) in [5.74, 6) is -1.17. The third-order valence-corrected chi connectivity index (χ3v) is 5.09. The van der Waals surface area contributed by atoms with Crippen molar-refractivity contribution in [1.82, 2.24) is 9.97 Å². The number of thioether (sulfide) groups is 1. The lowest BCUT2D eigenvalue weighted by Gasteiger charge is -2.08. The number of rotatable bonds is 7. The van der Waals surface area contributed by atoms with Crippen LogP contribution in [0.15, 0.2) is 58.2 Å². The van der Waals surface area contributed by atoms with Gasteiger partial charge in [0.1, 0.15) is 5.03 Å². The number of non-ortho nitro benzene ring substituents is 1. The molecule has 2 aromatic carbocycles. The van der Waals surface area contributed by atoms with Crippen molar-refractivity contribution in [2.45, 2.75) is 5.03 Å². The van der Waals surface area contributed by atoms with Crippen LogP contribution in [0.2, 0.25) is 0 Å². The molecular weight excluding hydrogens is 464 g/mol. The maximum Gasteiger partial charge on any atom is 0.316 e. The van der Waals surface area contributed by atoms with E-state index in [0.717, 1.165) is 22.8 Å². The predicted octanol–water partition coefficient (Wildman–Crippen LogP) is 3.57. The Morgan fingerprint density at radius 3 is 2.69 bits per heavy atom. The van der Waals surface area contributed by atoms with Crippen molar-refractivity contribution in [3.05, 3.63) is 63.2 Å². The zero-order chi connectivity index (χ0) is 20.8. The van der Waals surface area contributed by atoms with Crippen molar-refractivity contribution in [1.29, 1.82) is 0 Å². The second-order valence-electron chi connectivity index (χ2n) is 5.62. The van der Waals surface area contributed by atoms with Crippen LogP contribution in [0.4, 0.5) is 11.4 Å². The van der Waals surface area contributed by atoms with E-state index in [1.807, 2.05) is 24.3 Å². The molecular formula is C18H13BrN4O5S. The van der Waals surface area contributed by atoms with E-state index in [2.05, 4.69) is 31.2 Å². The van der Waals surface area contributed by atoms with Crippen molar-refractivity contribution < 1.29 is 19.2 Å². The van der Waals surface area contributed by atoms with Gasteiger partial charge in [0, 0.05) is 16.6 Å². The van der Waals surface area contributed by atoms with E-state index in [1.54, 1.807) is 6.20 Å². The summed E-state index contributed by atoms with van der Waals surface area (Å²) in [6.45, 7) is -0.480. The normalized spacial score (nSPS) is 10.5. The highest BCUT2D eigenvalue weighted by molar-refractivity contribution is 9.10. The second kappa shape index (κ2) is 9.43. The first-order chi connectivity index (χ1) is 13.9. The molecule has 148 valence electrons. The topological polar surface area (TPSA) is 124 Å². The van der Waals surface area contributed by atoms with Crippen LogP contribution in [0.5, 0.6) is 0 Å². The van der Waals surface area contributed by atoms with Gasteiger partial charge in [0.15, 0.2) is 6.61 Å². The number of amides is 1. The van der Waals surface area contributed by atoms with Crippen LogP contribution in [-0.2, 0) is 14.3 Å². The van der Waals surface area contributed by atoms with Gasteiger partial charge in [0.25, 0.3) is 11.6 Å². The molecule has 3 aromatic rings. The maximum absolute atomic E-state index is 11.9. The van der Waals surface area contributed by atoms with E-state index >= 15 is 0 Å². The van der Waals surface area contributed by atoms with Crippen LogP contribution in [0.3, 0.4) is 0 Å². The number of nitro groups is 1. The smallest absolute Gasteiger partial charge is 0.316 e. The Bertz CT molecular complexity index is 1090. The SMILES string of the molecule is O=C(COC(=O)CSc1cnc2ccccc2n1)Nc1ccc([N+](=O)[O-])cc1Br. The second-order valence-corrected chi connectivity index (χ2v) is 7.47. The van der Waals surface area contributed by atoms with Crippen LogP contribution < -0.4 is 5.32 Å². The van der Waals surface area contributed by atoms with Crippen molar-refractivity contribution in [2.24, 2.45) is 0 Å². The molecule has 0 spiro atoms. The molecule has 0 unspecified atom stereocenters. The summed E-state index contributed by atoms with van der Waals surface area (Å²) in [5, 5.41) is 13.8. The highest BCUT2D eigenvalue weighted by Crippen LogP contribution is 2.27.